The summed E-state index contributed by atoms with van der Waals surface area (Å²) in [6.07, 6.45) is 1.70. The number of amides is 1. The number of benzene rings is 1. The number of carbonyl (C=O) groups excluding carboxylic acids is 1. The largest absolute Gasteiger partial charge is 0.349 e. The standard InChI is InChI=1S/C14H20N2O/c1-3-14(2,9-15)16-13(17)12-8-10-6-4-5-7-11(10)12/h4-7,12H,3,8-9,15H2,1-2H3,(H,16,17). The van der Waals surface area contributed by atoms with Crippen molar-refractivity contribution in [3.8, 4) is 0 Å². The van der Waals surface area contributed by atoms with Gasteiger partial charge in [0.2, 0.25) is 5.91 Å². The summed E-state index contributed by atoms with van der Waals surface area (Å²) in [5, 5.41) is 3.07. The molecule has 1 aliphatic rings. The Labute approximate surface area is 102 Å². The highest BCUT2D eigenvalue weighted by molar-refractivity contribution is 5.87. The molecule has 0 aromatic heterocycles. The SMILES string of the molecule is CCC(C)(CN)NC(=O)C1Cc2ccccc21. The molecule has 0 heterocycles. The Bertz CT molecular complexity index is 424. The molecule has 3 heteroatoms. The van der Waals surface area contributed by atoms with Crippen LogP contribution in [0, 0.1) is 0 Å². The lowest BCUT2D eigenvalue weighted by Gasteiger charge is -2.34. The minimum Gasteiger partial charge on any atom is -0.349 e. The number of hydrogen-bond acceptors (Lipinski definition) is 2. The fourth-order valence-corrected chi connectivity index (χ4v) is 2.16. The van der Waals surface area contributed by atoms with Crippen LogP contribution in [0.4, 0.5) is 0 Å². The number of hydrogen-bond donors (Lipinski definition) is 2. The molecular weight excluding hydrogens is 212 g/mol. The van der Waals surface area contributed by atoms with E-state index in [1.807, 2.05) is 32.0 Å². The van der Waals surface area contributed by atoms with Crippen molar-refractivity contribution in [3.63, 3.8) is 0 Å². The van der Waals surface area contributed by atoms with Gasteiger partial charge in [-0.3, -0.25) is 4.79 Å². The van der Waals surface area contributed by atoms with Crippen LogP contribution in [-0.4, -0.2) is 18.0 Å². The minimum absolute atomic E-state index is 0.0172. The van der Waals surface area contributed by atoms with E-state index < -0.39 is 0 Å². The van der Waals surface area contributed by atoms with Gasteiger partial charge in [0, 0.05) is 12.1 Å². The van der Waals surface area contributed by atoms with Crippen LogP contribution in [0.2, 0.25) is 0 Å². The molecule has 0 saturated carbocycles. The zero-order valence-electron chi connectivity index (χ0n) is 10.5. The monoisotopic (exact) mass is 232 g/mol. The Balaban J connectivity index is 2.05. The predicted octanol–water partition coefficient (Wildman–Crippen LogP) is 1.57. The lowest BCUT2D eigenvalue weighted by atomic mass is 9.76. The Hall–Kier alpha value is -1.35. The third kappa shape index (κ3) is 2.20. The van der Waals surface area contributed by atoms with Gasteiger partial charge >= 0.3 is 0 Å². The smallest absolute Gasteiger partial charge is 0.228 e. The predicted molar refractivity (Wildman–Crippen MR) is 68.8 cm³/mol. The number of nitrogens with two attached hydrogens (primary N) is 1. The zero-order valence-corrected chi connectivity index (χ0v) is 10.5. The fraction of sp³-hybridized carbons (Fsp3) is 0.500. The van der Waals surface area contributed by atoms with Crippen molar-refractivity contribution < 1.29 is 4.79 Å². The second kappa shape index (κ2) is 4.49. The van der Waals surface area contributed by atoms with Gasteiger partial charge in [-0.1, -0.05) is 31.2 Å². The lowest BCUT2D eigenvalue weighted by Crippen LogP contribution is -2.53. The van der Waals surface area contributed by atoms with Crippen LogP contribution < -0.4 is 11.1 Å². The molecule has 1 amide bonds. The van der Waals surface area contributed by atoms with Crippen molar-refractivity contribution >= 4 is 5.91 Å². The van der Waals surface area contributed by atoms with Crippen molar-refractivity contribution in [2.45, 2.75) is 38.1 Å². The van der Waals surface area contributed by atoms with Crippen molar-refractivity contribution in [2.75, 3.05) is 6.54 Å². The first-order valence-corrected chi connectivity index (χ1v) is 6.19. The van der Waals surface area contributed by atoms with Gasteiger partial charge in [0.1, 0.15) is 0 Å². The van der Waals surface area contributed by atoms with Gasteiger partial charge < -0.3 is 11.1 Å². The second-order valence-corrected chi connectivity index (χ2v) is 5.06. The second-order valence-electron chi connectivity index (χ2n) is 5.06. The summed E-state index contributed by atoms with van der Waals surface area (Å²) in [6.45, 7) is 4.51. The Morgan fingerprint density at radius 2 is 2.24 bits per heavy atom. The quantitative estimate of drug-likeness (QED) is 0.828. The highest BCUT2D eigenvalue weighted by atomic mass is 16.2. The highest BCUT2D eigenvalue weighted by Gasteiger charge is 2.34. The first-order valence-electron chi connectivity index (χ1n) is 6.19. The van der Waals surface area contributed by atoms with Gasteiger partial charge in [0.25, 0.3) is 0 Å². The van der Waals surface area contributed by atoms with E-state index in [1.165, 1.54) is 11.1 Å². The van der Waals surface area contributed by atoms with Crippen molar-refractivity contribution in [1.82, 2.24) is 5.32 Å². The molecule has 0 spiro atoms. The van der Waals surface area contributed by atoms with Crippen LogP contribution in [-0.2, 0) is 11.2 Å². The van der Waals surface area contributed by atoms with Crippen LogP contribution in [0.3, 0.4) is 0 Å². The fourth-order valence-electron chi connectivity index (χ4n) is 2.16. The maximum absolute atomic E-state index is 12.2. The van der Waals surface area contributed by atoms with E-state index in [2.05, 4.69) is 11.4 Å². The summed E-state index contributed by atoms with van der Waals surface area (Å²) in [5.41, 5.74) is 7.89. The van der Waals surface area contributed by atoms with E-state index in [0.717, 1.165) is 12.8 Å². The molecular formula is C14H20N2O. The van der Waals surface area contributed by atoms with Crippen LogP contribution in [0.25, 0.3) is 0 Å². The summed E-state index contributed by atoms with van der Waals surface area (Å²) >= 11 is 0. The molecule has 92 valence electrons. The van der Waals surface area contributed by atoms with E-state index in [-0.39, 0.29) is 17.4 Å². The third-order valence-corrected chi connectivity index (χ3v) is 3.83. The number of fused-ring (bicyclic) bond motifs is 1. The van der Waals surface area contributed by atoms with E-state index >= 15 is 0 Å². The number of nitrogens with one attached hydrogen (secondary N) is 1. The zero-order chi connectivity index (χ0) is 12.5. The molecule has 1 aromatic rings. The molecule has 0 bridgehead atoms. The van der Waals surface area contributed by atoms with Gasteiger partial charge in [0.05, 0.1) is 5.92 Å². The Kier molecular flexibility index (Phi) is 3.20. The number of carbonyl (C=O) groups is 1. The molecule has 3 N–H and O–H groups in total. The normalized spacial score (nSPS) is 21.0. The molecule has 0 saturated heterocycles. The molecule has 1 aromatic carbocycles. The van der Waals surface area contributed by atoms with Crippen LogP contribution in [0.1, 0.15) is 37.3 Å². The molecule has 0 fully saturated rings. The molecule has 2 unspecified atom stereocenters. The lowest BCUT2D eigenvalue weighted by molar-refractivity contribution is -0.124. The first-order chi connectivity index (χ1) is 8.09. The average Bonchev–Trinajstić information content (AvgIpc) is 2.30. The molecule has 0 aliphatic heterocycles. The Morgan fingerprint density at radius 1 is 1.53 bits per heavy atom. The summed E-state index contributed by atoms with van der Waals surface area (Å²) < 4.78 is 0. The van der Waals surface area contributed by atoms with Gasteiger partial charge in [-0.25, -0.2) is 0 Å². The minimum atomic E-state index is -0.276. The summed E-state index contributed by atoms with van der Waals surface area (Å²) in [6, 6.07) is 8.12. The van der Waals surface area contributed by atoms with Crippen molar-refractivity contribution in [1.29, 1.82) is 0 Å². The average molecular weight is 232 g/mol. The first kappa shape index (κ1) is 12.1. The summed E-state index contributed by atoms with van der Waals surface area (Å²) in [7, 11) is 0. The maximum Gasteiger partial charge on any atom is 0.228 e. The van der Waals surface area contributed by atoms with Crippen LogP contribution in [0.15, 0.2) is 24.3 Å². The Morgan fingerprint density at radius 3 is 2.82 bits per heavy atom. The molecule has 3 nitrogen and oxygen atoms in total. The van der Waals surface area contributed by atoms with E-state index in [1.54, 1.807) is 0 Å². The van der Waals surface area contributed by atoms with E-state index in [9.17, 15) is 4.79 Å². The van der Waals surface area contributed by atoms with Gasteiger partial charge in [-0.15, -0.1) is 0 Å². The van der Waals surface area contributed by atoms with Crippen molar-refractivity contribution in [2.24, 2.45) is 5.73 Å². The molecule has 17 heavy (non-hydrogen) atoms. The van der Waals surface area contributed by atoms with Gasteiger partial charge in [-0.2, -0.15) is 0 Å². The highest BCUT2D eigenvalue weighted by Crippen LogP contribution is 2.35. The van der Waals surface area contributed by atoms with Gasteiger partial charge in [-0.05, 0) is 30.9 Å². The van der Waals surface area contributed by atoms with Gasteiger partial charge in [0.15, 0.2) is 0 Å². The van der Waals surface area contributed by atoms with Crippen LogP contribution in [0.5, 0.6) is 0 Å². The summed E-state index contributed by atoms with van der Waals surface area (Å²) in [5.74, 6) is 0.127. The van der Waals surface area contributed by atoms with E-state index in [4.69, 9.17) is 5.73 Å². The maximum atomic E-state index is 12.2. The summed E-state index contributed by atoms with van der Waals surface area (Å²) in [4.78, 5) is 12.2. The topological polar surface area (TPSA) is 55.1 Å². The number of rotatable bonds is 4. The molecule has 1 aliphatic carbocycles. The molecule has 2 atom stereocenters. The molecule has 2 rings (SSSR count). The molecule has 0 radical (unpaired) electrons. The third-order valence-electron chi connectivity index (χ3n) is 3.83. The van der Waals surface area contributed by atoms with E-state index in [0.29, 0.717) is 6.54 Å². The van der Waals surface area contributed by atoms with Crippen LogP contribution >= 0.6 is 0 Å². The van der Waals surface area contributed by atoms with Crippen molar-refractivity contribution in [3.05, 3.63) is 35.4 Å².